The number of nitrogens with zero attached hydrogens (tertiary/aromatic N) is 1. The standard InChI is InChI=1S/C25H17BrF3NO3.C2H6/c1-14-5-9-22(30(14)17-4-2-3-15(11-17)25(31)32)18-12-16(26)6-10-23(18)33-13-19-20(27)7-8-21(28)24(19)29;1-2/h2-12H,13H2,1H3,(H,31,32);1-2H3. The number of halogens is 4. The van der Waals surface area contributed by atoms with Gasteiger partial charge in [-0.05, 0) is 67.6 Å². The molecule has 0 spiro atoms. The molecule has 4 aromatic rings. The summed E-state index contributed by atoms with van der Waals surface area (Å²) in [6.07, 6.45) is 0. The third-order valence-electron chi connectivity index (χ3n) is 5.16. The van der Waals surface area contributed by atoms with E-state index in [4.69, 9.17) is 4.74 Å². The number of aromatic nitrogens is 1. The predicted molar refractivity (Wildman–Crippen MR) is 133 cm³/mol. The molecule has 1 N–H and O–H groups in total. The number of ether oxygens (including phenoxy) is 1. The Morgan fingerprint density at radius 3 is 2.40 bits per heavy atom. The monoisotopic (exact) mass is 545 g/mol. The van der Waals surface area contributed by atoms with E-state index in [1.165, 1.54) is 6.07 Å². The van der Waals surface area contributed by atoms with Crippen molar-refractivity contribution in [3.05, 3.63) is 105 Å². The van der Waals surface area contributed by atoms with Gasteiger partial charge in [0, 0.05) is 21.4 Å². The fraction of sp³-hybridized carbons (Fsp3) is 0.148. The molecule has 0 saturated carbocycles. The van der Waals surface area contributed by atoms with Gasteiger partial charge in [0.25, 0.3) is 0 Å². The van der Waals surface area contributed by atoms with Crippen LogP contribution in [0.4, 0.5) is 13.2 Å². The summed E-state index contributed by atoms with van der Waals surface area (Å²) in [5.41, 5.74) is 2.35. The number of aromatic carboxylic acids is 1. The van der Waals surface area contributed by atoms with Crippen LogP contribution < -0.4 is 4.74 Å². The summed E-state index contributed by atoms with van der Waals surface area (Å²) in [5.74, 6) is -4.09. The van der Waals surface area contributed by atoms with Crippen molar-refractivity contribution >= 4 is 21.9 Å². The summed E-state index contributed by atoms with van der Waals surface area (Å²) >= 11 is 3.43. The first kappa shape index (κ1) is 26.1. The first-order valence-electron chi connectivity index (χ1n) is 10.8. The largest absolute Gasteiger partial charge is 0.488 e. The highest BCUT2D eigenvalue weighted by atomic mass is 79.9. The molecule has 1 aromatic heterocycles. The fourth-order valence-electron chi connectivity index (χ4n) is 3.55. The minimum absolute atomic E-state index is 0.134. The number of aryl methyl sites for hydroxylation is 1. The molecule has 4 rings (SSSR count). The molecular weight excluding hydrogens is 523 g/mol. The molecule has 0 amide bonds. The molecule has 0 saturated heterocycles. The zero-order chi connectivity index (χ0) is 25.7. The number of hydrogen-bond acceptors (Lipinski definition) is 2. The Hall–Kier alpha value is -3.52. The number of carboxylic acid groups (broad SMARTS) is 1. The lowest BCUT2D eigenvalue weighted by molar-refractivity contribution is 0.0697. The normalized spacial score (nSPS) is 10.5. The van der Waals surface area contributed by atoms with Gasteiger partial charge in [-0.1, -0.05) is 35.8 Å². The van der Waals surface area contributed by atoms with Crippen LogP contribution >= 0.6 is 15.9 Å². The lowest BCUT2D eigenvalue weighted by Gasteiger charge is -2.17. The SMILES string of the molecule is CC.Cc1ccc(-c2cc(Br)ccc2OCc2c(F)ccc(F)c2F)n1-c1cccc(C(=O)O)c1. The molecule has 3 aromatic carbocycles. The summed E-state index contributed by atoms with van der Waals surface area (Å²) in [6, 6.07) is 16.9. The summed E-state index contributed by atoms with van der Waals surface area (Å²) in [4.78, 5) is 11.4. The van der Waals surface area contributed by atoms with Gasteiger partial charge in [0.2, 0.25) is 0 Å². The van der Waals surface area contributed by atoms with E-state index in [0.29, 0.717) is 22.7 Å². The highest BCUT2D eigenvalue weighted by Crippen LogP contribution is 2.36. The van der Waals surface area contributed by atoms with Crippen LogP contribution in [0.1, 0.15) is 35.5 Å². The predicted octanol–water partition coefficient (Wildman–Crippen LogP) is 7.94. The molecule has 4 nitrogen and oxygen atoms in total. The van der Waals surface area contributed by atoms with Gasteiger partial charge in [0.1, 0.15) is 18.2 Å². The van der Waals surface area contributed by atoms with Crippen LogP contribution in [0, 0.1) is 24.4 Å². The molecule has 0 unspecified atom stereocenters. The molecule has 0 aliphatic heterocycles. The van der Waals surface area contributed by atoms with Gasteiger partial charge < -0.3 is 14.4 Å². The maximum atomic E-state index is 14.1. The zero-order valence-corrected chi connectivity index (χ0v) is 20.9. The Labute approximate surface area is 209 Å². The summed E-state index contributed by atoms with van der Waals surface area (Å²) in [5, 5.41) is 9.36. The van der Waals surface area contributed by atoms with Crippen molar-refractivity contribution in [2.45, 2.75) is 27.4 Å². The molecule has 182 valence electrons. The lowest BCUT2D eigenvalue weighted by Crippen LogP contribution is -2.06. The summed E-state index contributed by atoms with van der Waals surface area (Å²) in [7, 11) is 0. The number of hydrogen-bond donors (Lipinski definition) is 1. The van der Waals surface area contributed by atoms with Gasteiger partial charge in [-0.15, -0.1) is 0 Å². The second kappa shape index (κ2) is 11.3. The van der Waals surface area contributed by atoms with E-state index in [9.17, 15) is 23.1 Å². The van der Waals surface area contributed by atoms with Gasteiger partial charge in [-0.2, -0.15) is 0 Å². The Balaban J connectivity index is 0.00000167. The Kier molecular flexibility index (Phi) is 8.40. The minimum atomic E-state index is -1.29. The van der Waals surface area contributed by atoms with Crippen LogP contribution in [0.2, 0.25) is 0 Å². The average Bonchev–Trinajstić information content (AvgIpc) is 3.24. The van der Waals surface area contributed by atoms with E-state index in [1.807, 2.05) is 37.5 Å². The van der Waals surface area contributed by atoms with Crippen molar-refractivity contribution in [3.63, 3.8) is 0 Å². The van der Waals surface area contributed by atoms with E-state index in [2.05, 4.69) is 15.9 Å². The third kappa shape index (κ3) is 5.59. The van der Waals surface area contributed by atoms with Gasteiger partial charge in [0.05, 0.1) is 16.8 Å². The highest BCUT2D eigenvalue weighted by molar-refractivity contribution is 9.10. The first-order valence-corrected chi connectivity index (χ1v) is 11.6. The number of benzene rings is 3. The Morgan fingerprint density at radius 2 is 1.69 bits per heavy atom. The van der Waals surface area contributed by atoms with E-state index in [0.717, 1.165) is 22.3 Å². The molecule has 1 heterocycles. The lowest BCUT2D eigenvalue weighted by atomic mass is 10.1. The summed E-state index contributed by atoms with van der Waals surface area (Å²) in [6.45, 7) is 5.35. The van der Waals surface area contributed by atoms with E-state index in [1.54, 1.807) is 36.4 Å². The van der Waals surface area contributed by atoms with Gasteiger partial charge in [-0.25, -0.2) is 18.0 Å². The van der Waals surface area contributed by atoms with Crippen LogP contribution in [0.5, 0.6) is 5.75 Å². The second-order valence-corrected chi connectivity index (χ2v) is 8.22. The quantitative estimate of drug-likeness (QED) is 0.250. The third-order valence-corrected chi connectivity index (χ3v) is 5.65. The van der Waals surface area contributed by atoms with Crippen molar-refractivity contribution in [1.82, 2.24) is 4.57 Å². The maximum absolute atomic E-state index is 14.1. The molecule has 0 aliphatic rings. The van der Waals surface area contributed by atoms with Gasteiger partial charge in [0.15, 0.2) is 11.6 Å². The van der Waals surface area contributed by atoms with E-state index < -0.39 is 35.6 Å². The Bertz CT molecular complexity index is 1370. The molecule has 35 heavy (non-hydrogen) atoms. The molecule has 0 bridgehead atoms. The number of rotatable bonds is 6. The molecule has 0 aliphatic carbocycles. The van der Waals surface area contributed by atoms with E-state index in [-0.39, 0.29) is 5.56 Å². The summed E-state index contributed by atoms with van der Waals surface area (Å²) < 4.78 is 50.0. The smallest absolute Gasteiger partial charge is 0.335 e. The van der Waals surface area contributed by atoms with Crippen molar-refractivity contribution in [3.8, 4) is 22.7 Å². The molecule has 0 fully saturated rings. The van der Waals surface area contributed by atoms with Crippen LogP contribution in [0.25, 0.3) is 16.9 Å². The van der Waals surface area contributed by atoms with Crippen molar-refractivity contribution in [2.75, 3.05) is 0 Å². The van der Waals surface area contributed by atoms with Crippen molar-refractivity contribution < 1.29 is 27.8 Å². The number of carbonyl (C=O) groups is 1. The van der Waals surface area contributed by atoms with Crippen molar-refractivity contribution in [1.29, 1.82) is 0 Å². The molecule has 0 radical (unpaired) electrons. The molecule has 0 atom stereocenters. The van der Waals surface area contributed by atoms with E-state index >= 15 is 0 Å². The van der Waals surface area contributed by atoms with Crippen LogP contribution in [0.3, 0.4) is 0 Å². The van der Waals surface area contributed by atoms with Gasteiger partial charge >= 0.3 is 5.97 Å². The molecule has 8 heteroatoms. The topological polar surface area (TPSA) is 51.5 Å². The maximum Gasteiger partial charge on any atom is 0.335 e. The zero-order valence-electron chi connectivity index (χ0n) is 19.3. The van der Waals surface area contributed by atoms with Crippen LogP contribution in [-0.2, 0) is 6.61 Å². The first-order chi connectivity index (χ1) is 16.8. The van der Waals surface area contributed by atoms with Crippen molar-refractivity contribution in [2.24, 2.45) is 0 Å². The number of carboxylic acids is 1. The highest BCUT2D eigenvalue weighted by Gasteiger charge is 2.18. The fourth-order valence-corrected chi connectivity index (χ4v) is 3.91. The minimum Gasteiger partial charge on any atom is -0.488 e. The molecular formula is C27H23BrF3NO3. The second-order valence-electron chi connectivity index (χ2n) is 7.30. The van der Waals surface area contributed by atoms with Crippen LogP contribution in [-0.4, -0.2) is 15.6 Å². The van der Waals surface area contributed by atoms with Gasteiger partial charge in [-0.3, -0.25) is 0 Å². The van der Waals surface area contributed by atoms with Crippen LogP contribution in [0.15, 0.2) is 71.2 Å². The average molecular weight is 546 g/mol. The Morgan fingerprint density at radius 1 is 0.971 bits per heavy atom.